The molecule has 0 radical (unpaired) electrons. The van der Waals surface area contributed by atoms with Crippen LogP contribution in [0.2, 0.25) is 0 Å². The minimum absolute atomic E-state index is 0.0671. The zero-order valence-electron chi connectivity index (χ0n) is 13.0. The van der Waals surface area contributed by atoms with Gasteiger partial charge in [0.25, 0.3) is 0 Å². The number of sulfone groups is 1. The van der Waals surface area contributed by atoms with Crippen LogP contribution in [-0.4, -0.2) is 54.0 Å². The van der Waals surface area contributed by atoms with Gasteiger partial charge in [0.15, 0.2) is 9.84 Å². The lowest BCUT2D eigenvalue weighted by atomic mass is 9.76. The van der Waals surface area contributed by atoms with Gasteiger partial charge < -0.3 is 5.11 Å². The normalized spacial score (nSPS) is 31.1. The number of aliphatic carboxylic acids is 1. The molecule has 1 N–H and O–H groups in total. The van der Waals surface area contributed by atoms with Crippen LogP contribution in [0.4, 0.5) is 0 Å². The van der Waals surface area contributed by atoms with E-state index in [-0.39, 0.29) is 11.8 Å². The molecule has 2 aliphatic rings. The molecule has 1 aliphatic heterocycles. The Morgan fingerprint density at radius 1 is 1.19 bits per heavy atom. The number of carbonyl (C=O) groups is 1. The fraction of sp³-hybridized carbons (Fsp3) is 0.933. The molecule has 1 saturated heterocycles. The van der Waals surface area contributed by atoms with Gasteiger partial charge in [0.2, 0.25) is 0 Å². The van der Waals surface area contributed by atoms with E-state index in [0.29, 0.717) is 18.9 Å². The molecule has 0 aromatic heterocycles. The Kier molecular flexibility index (Phi) is 5.30. The van der Waals surface area contributed by atoms with Crippen LogP contribution in [0.15, 0.2) is 0 Å². The quantitative estimate of drug-likeness (QED) is 0.838. The first-order valence-corrected chi connectivity index (χ1v) is 9.74. The maximum atomic E-state index is 12.0. The van der Waals surface area contributed by atoms with Crippen molar-refractivity contribution in [2.24, 2.45) is 5.92 Å². The van der Waals surface area contributed by atoms with Gasteiger partial charge in [-0.3, -0.25) is 9.69 Å². The first-order chi connectivity index (χ1) is 9.83. The second-order valence-corrected chi connectivity index (χ2v) is 9.37. The van der Waals surface area contributed by atoms with Gasteiger partial charge in [-0.1, -0.05) is 12.8 Å². The summed E-state index contributed by atoms with van der Waals surface area (Å²) in [4.78, 5) is 13.5. The molecule has 6 heteroatoms. The number of fused-ring (bicyclic) bond motifs is 1. The van der Waals surface area contributed by atoms with Gasteiger partial charge in [-0.2, -0.15) is 0 Å². The summed E-state index contributed by atoms with van der Waals surface area (Å²) in [7, 11) is -3.12. The molecule has 5 nitrogen and oxygen atoms in total. The second-order valence-electron chi connectivity index (χ2n) is 6.70. The SMILES string of the molecule is CC(C)S(=O)(=O)CCN1C(C(=O)O)CCC2CCCCC21. The molecule has 21 heavy (non-hydrogen) atoms. The van der Waals surface area contributed by atoms with Crippen LogP contribution in [-0.2, 0) is 14.6 Å². The Morgan fingerprint density at radius 2 is 1.86 bits per heavy atom. The molecule has 0 bridgehead atoms. The molecule has 0 aromatic carbocycles. The molecular weight excluding hydrogens is 290 g/mol. The van der Waals surface area contributed by atoms with Crippen molar-refractivity contribution < 1.29 is 18.3 Å². The topological polar surface area (TPSA) is 74.7 Å². The summed E-state index contributed by atoms with van der Waals surface area (Å²) in [5.74, 6) is -0.186. The van der Waals surface area contributed by atoms with Crippen LogP contribution in [0.5, 0.6) is 0 Å². The van der Waals surface area contributed by atoms with E-state index in [1.807, 2.05) is 4.90 Å². The smallest absolute Gasteiger partial charge is 0.320 e. The maximum absolute atomic E-state index is 12.0. The molecule has 0 aromatic rings. The fourth-order valence-electron chi connectivity index (χ4n) is 3.79. The molecule has 2 fully saturated rings. The van der Waals surface area contributed by atoms with Gasteiger partial charge in [-0.05, 0) is 45.4 Å². The molecule has 3 unspecified atom stereocenters. The van der Waals surface area contributed by atoms with Crippen molar-refractivity contribution in [3.05, 3.63) is 0 Å². The highest BCUT2D eigenvalue weighted by atomic mass is 32.2. The molecule has 0 amide bonds. The number of rotatable bonds is 5. The molecule has 122 valence electrons. The van der Waals surface area contributed by atoms with Crippen LogP contribution < -0.4 is 0 Å². The third-order valence-electron chi connectivity index (χ3n) is 5.14. The highest BCUT2D eigenvalue weighted by molar-refractivity contribution is 7.92. The van der Waals surface area contributed by atoms with Gasteiger partial charge in [0.05, 0.1) is 11.0 Å². The van der Waals surface area contributed by atoms with Gasteiger partial charge >= 0.3 is 5.97 Å². The Hall–Kier alpha value is -0.620. The van der Waals surface area contributed by atoms with Crippen LogP contribution in [0, 0.1) is 5.92 Å². The van der Waals surface area contributed by atoms with Crippen molar-refractivity contribution >= 4 is 15.8 Å². The zero-order chi connectivity index (χ0) is 15.6. The van der Waals surface area contributed by atoms with E-state index in [4.69, 9.17) is 0 Å². The van der Waals surface area contributed by atoms with Crippen molar-refractivity contribution in [3.8, 4) is 0 Å². The van der Waals surface area contributed by atoms with Gasteiger partial charge in [0.1, 0.15) is 6.04 Å². The molecular formula is C15H27NO4S. The van der Waals surface area contributed by atoms with E-state index in [2.05, 4.69) is 0 Å². The van der Waals surface area contributed by atoms with Gasteiger partial charge in [0, 0.05) is 12.6 Å². The molecule has 1 saturated carbocycles. The van der Waals surface area contributed by atoms with E-state index in [1.54, 1.807) is 13.8 Å². The van der Waals surface area contributed by atoms with Crippen molar-refractivity contribution in [2.45, 2.75) is 69.7 Å². The van der Waals surface area contributed by atoms with Crippen LogP contribution >= 0.6 is 0 Å². The molecule has 0 spiro atoms. The first-order valence-electron chi connectivity index (χ1n) is 8.03. The van der Waals surface area contributed by atoms with Crippen LogP contribution in [0.25, 0.3) is 0 Å². The lowest BCUT2D eigenvalue weighted by Crippen LogP contribution is -2.56. The Bertz CT molecular complexity index is 474. The summed E-state index contributed by atoms with van der Waals surface area (Å²) < 4.78 is 24.1. The summed E-state index contributed by atoms with van der Waals surface area (Å²) in [6, 6.07) is -0.248. The number of nitrogens with zero attached hydrogens (tertiary/aromatic N) is 1. The number of hydrogen-bond acceptors (Lipinski definition) is 4. The lowest BCUT2D eigenvalue weighted by Gasteiger charge is -2.47. The minimum Gasteiger partial charge on any atom is -0.480 e. The standard InChI is InChI=1S/C15H27NO4S/c1-11(2)21(19,20)10-9-16-13-6-4-3-5-12(13)7-8-14(16)15(17)18/h11-14H,3-10H2,1-2H3,(H,17,18). The Morgan fingerprint density at radius 3 is 2.48 bits per heavy atom. The number of carboxylic acid groups (broad SMARTS) is 1. The summed E-state index contributed by atoms with van der Waals surface area (Å²) in [5.41, 5.74) is 0. The number of piperidine rings is 1. The predicted molar refractivity (Wildman–Crippen MR) is 82.0 cm³/mol. The predicted octanol–water partition coefficient (Wildman–Crippen LogP) is 1.92. The van der Waals surface area contributed by atoms with Crippen LogP contribution in [0.3, 0.4) is 0 Å². The van der Waals surface area contributed by atoms with E-state index >= 15 is 0 Å². The second kappa shape index (κ2) is 6.65. The average molecular weight is 317 g/mol. The zero-order valence-corrected chi connectivity index (χ0v) is 13.8. The van der Waals surface area contributed by atoms with Gasteiger partial charge in [-0.25, -0.2) is 8.42 Å². The van der Waals surface area contributed by atoms with E-state index in [1.165, 1.54) is 6.42 Å². The van der Waals surface area contributed by atoms with Crippen molar-refractivity contribution in [2.75, 3.05) is 12.3 Å². The number of carboxylic acids is 1. The minimum atomic E-state index is -3.12. The van der Waals surface area contributed by atoms with Crippen molar-refractivity contribution in [3.63, 3.8) is 0 Å². The van der Waals surface area contributed by atoms with Gasteiger partial charge in [-0.15, -0.1) is 0 Å². The summed E-state index contributed by atoms with van der Waals surface area (Å²) in [5, 5.41) is 9.05. The number of likely N-dealkylation sites (tertiary alicyclic amines) is 1. The third-order valence-corrected chi connectivity index (χ3v) is 7.33. The third kappa shape index (κ3) is 3.77. The van der Waals surface area contributed by atoms with Crippen LogP contribution in [0.1, 0.15) is 52.4 Å². The first kappa shape index (κ1) is 16.7. The Labute approximate surface area is 127 Å². The lowest BCUT2D eigenvalue weighted by molar-refractivity contribution is -0.147. The fourth-order valence-corrected chi connectivity index (χ4v) is 4.72. The summed E-state index contributed by atoms with van der Waals surface area (Å²) in [6.07, 6.45) is 6.13. The molecule has 1 aliphatic carbocycles. The van der Waals surface area contributed by atoms with E-state index in [0.717, 1.165) is 25.7 Å². The average Bonchev–Trinajstić information content (AvgIpc) is 2.44. The highest BCUT2D eigenvalue weighted by Crippen LogP contribution is 2.37. The molecule has 1 heterocycles. The highest BCUT2D eigenvalue weighted by Gasteiger charge is 2.41. The van der Waals surface area contributed by atoms with E-state index in [9.17, 15) is 18.3 Å². The monoisotopic (exact) mass is 317 g/mol. The molecule has 3 atom stereocenters. The van der Waals surface area contributed by atoms with Crippen molar-refractivity contribution in [1.82, 2.24) is 4.90 Å². The van der Waals surface area contributed by atoms with E-state index < -0.39 is 27.1 Å². The summed E-state index contributed by atoms with van der Waals surface area (Å²) >= 11 is 0. The number of hydrogen-bond donors (Lipinski definition) is 1. The Balaban J connectivity index is 2.11. The maximum Gasteiger partial charge on any atom is 0.320 e. The largest absolute Gasteiger partial charge is 0.480 e. The molecule has 2 rings (SSSR count). The van der Waals surface area contributed by atoms with Crippen molar-refractivity contribution in [1.29, 1.82) is 0 Å². The summed E-state index contributed by atoms with van der Waals surface area (Å²) in [6.45, 7) is 3.73.